The standard InChI is InChI=1S/C26H24FN5O2/c1-3-6-17-10-12-18(13-11-17)31-24(33)20-7-4-9-22(23(20)27)34-25-19(8-5-15-29-25)21-14-16-30-26(28-2)32-21/h4-5,7-16H,3,6H2,1-2H3,(H,31,33)(H,28,30,32). The Balaban J connectivity index is 1.58. The molecule has 0 unspecified atom stereocenters. The van der Waals surface area contributed by atoms with Crippen molar-refractivity contribution in [3.8, 4) is 22.9 Å². The number of amides is 1. The van der Waals surface area contributed by atoms with Crippen LogP contribution in [0.5, 0.6) is 11.6 Å². The van der Waals surface area contributed by atoms with Gasteiger partial charge in [-0.05, 0) is 54.4 Å². The minimum atomic E-state index is -0.780. The summed E-state index contributed by atoms with van der Waals surface area (Å²) in [6, 6.07) is 17.1. The minimum Gasteiger partial charge on any atom is -0.435 e. The molecule has 1 amide bonds. The fourth-order valence-corrected chi connectivity index (χ4v) is 3.41. The normalized spacial score (nSPS) is 10.6. The van der Waals surface area contributed by atoms with E-state index in [2.05, 4.69) is 32.5 Å². The van der Waals surface area contributed by atoms with Gasteiger partial charge in [-0.2, -0.15) is 0 Å². The molecule has 4 rings (SSSR count). The van der Waals surface area contributed by atoms with E-state index in [1.165, 1.54) is 23.9 Å². The monoisotopic (exact) mass is 457 g/mol. The Kier molecular flexibility index (Phi) is 7.07. The van der Waals surface area contributed by atoms with E-state index >= 15 is 4.39 Å². The second kappa shape index (κ2) is 10.5. The molecule has 0 aliphatic rings. The van der Waals surface area contributed by atoms with E-state index in [1.807, 2.05) is 24.3 Å². The summed E-state index contributed by atoms with van der Waals surface area (Å²) in [5, 5.41) is 5.61. The topological polar surface area (TPSA) is 89.0 Å². The second-order valence-electron chi connectivity index (χ2n) is 7.49. The zero-order valence-electron chi connectivity index (χ0n) is 18.9. The predicted octanol–water partition coefficient (Wildman–Crippen LogP) is 5.72. The van der Waals surface area contributed by atoms with Crippen molar-refractivity contribution in [2.75, 3.05) is 17.7 Å². The fourth-order valence-electron chi connectivity index (χ4n) is 3.41. The number of carbonyl (C=O) groups excluding carboxylic acids is 1. The number of aromatic nitrogens is 3. The smallest absolute Gasteiger partial charge is 0.258 e. The lowest BCUT2D eigenvalue weighted by molar-refractivity contribution is 0.102. The first kappa shape index (κ1) is 22.8. The van der Waals surface area contributed by atoms with Gasteiger partial charge in [0.25, 0.3) is 5.91 Å². The van der Waals surface area contributed by atoms with Crippen LogP contribution in [0.1, 0.15) is 29.3 Å². The van der Waals surface area contributed by atoms with Crippen molar-refractivity contribution < 1.29 is 13.9 Å². The molecule has 0 spiro atoms. The molecule has 0 atom stereocenters. The van der Waals surface area contributed by atoms with E-state index < -0.39 is 11.7 Å². The maximum Gasteiger partial charge on any atom is 0.258 e. The van der Waals surface area contributed by atoms with Crippen LogP contribution in [0.25, 0.3) is 11.3 Å². The van der Waals surface area contributed by atoms with Crippen LogP contribution in [-0.4, -0.2) is 27.9 Å². The van der Waals surface area contributed by atoms with Gasteiger partial charge in [-0.15, -0.1) is 0 Å². The number of anilines is 2. The molecule has 2 aromatic heterocycles. The summed E-state index contributed by atoms with van der Waals surface area (Å²) in [6.45, 7) is 2.11. The van der Waals surface area contributed by atoms with Crippen LogP contribution in [0, 0.1) is 5.82 Å². The first-order valence-corrected chi connectivity index (χ1v) is 10.9. The summed E-state index contributed by atoms with van der Waals surface area (Å²) < 4.78 is 21.1. The van der Waals surface area contributed by atoms with Gasteiger partial charge in [-0.3, -0.25) is 4.79 Å². The number of rotatable bonds is 8. The average molecular weight is 458 g/mol. The number of nitrogens with one attached hydrogen (secondary N) is 2. The molecule has 2 aromatic carbocycles. The van der Waals surface area contributed by atoms with Gasteiger partial charge in [0, 0.05) is 25.1 Å². The number of carbonyl (C=O) groups is 1. The molecule has 0 aliphatic heterocycles. The Morgan fingerprint density at radius 1 is 1.00 bits per heavy atom. The van der Waals surface area contributed by atoms with E-state index in [4.69, 9.17) is 4.74 Å². The number of halogens is 1. The highest BCUT2D eigenvalue weighted by Crippen LogP contribution is 2.32. The minimum absolute atomic E-state index is 0.117. The molecule has 2 heterocycles. The van der Waals surface area contributed by atoms with Gasteiger partial charge in [0.2, 0.25) is 11.8 Å². The van der Waals surface area contributed by atoms with Gasteiger partial charge >= 0.3 is 0 Å². The van der Waals surface area contributed by atoms with E-state index in [0.29, 0.717) is 22.9 Å². The molecule has 0 fully saturated rings. The number of nitrogens with zero attached hydrogens (tertiary/aromatic N) is 3. The van der Waals surface area contributed by atoms with Crippen molar-refractivity contribution in [1.82, 2.24) is 15.0 Å². The van der Waals surface area contributed by atoms with Crippen LogP contribution in [0.15, 0.2) is 73.1 Å². The highest BCUT2D eigenvalue weighted by atomic mass is 19.1. The number of hydrogen-bond acceptors (Lipinski definition) is 6. The lowest BCUT2D eigenvalue weighted by Crippen LogP contribution is -2.14. The molecule has 8 heteroatoms. The fraction of sp³-hybridized carbons (Fsp3) is 0.154. The van der Waals surface area contributed by atoms with Gasteiger partial charge in [0.1, 0.15) is 0 Å². The molecule has 0 radical (unpaired) electrons. The zero-order chi connectivity index (χ0) is 23.9. The molecule has 0 bridgehead atoms. The molecule has 34 heavy (non-hydrogen) atoms. The summed E-state index contributed by atoms with van der Waals surface area (Å²) in [5.41, 5.74) is 2.75. The maximum atomic E-state index is 15.3. The number of pyridine rings is 1. The molecule has 0 saturated heterocycles. The summed E-state index contributed by atoms with van der Waals surface area (Å²) in [7, 11) is 1.71. The molecular formula is C26H24FN5O2. The van der Waals surface area contributed by atoms with Crippen LogP contribution >= 0.6 is 0 Å². The number of aryl methyl sites for hydroxylation is 1. The molecule has 4 aromatic rings. The van der Waals surface area contributed by atoms with Crippen molar-refractivity contribution in [3.63, 3.8) is 0 Å². The zero-order valence-corrected chi connectivity index (χ0v) is 18.9. The Morgan fingerprint density at radius 2 is 1.82 bits per heavy atom. The van der Waals surface area contributed by atoms with Crippen LogP contribution in [0.2, 0.25) is 0 Å². The summed E-state index contributed by atoms with van der Waals surface area (Å²) in [4.78, 5) is 25.5. The Bertz CT molecular complexity index is 1290. The molecule has 0 saturated carbocycles. The van der Waals surface area contributed by atoms with Crippen molar-refractivity contribution in [3.05, 3.63) is 90.0 Å². The van der Waals surface area contributed by atoms with Crippen LogP contribution in [-0.2, 0) is 6.42 Å². The molecular weight excluding hydrogens is 433 g/mol. The highest BCUT2D eigenvalue weighted by Gasteiger charge is 2.19. The third kappa shape index (κ3) is 5.17. The Hall–Kier alpha value is -4.33. The van der Waals surface area contributed by atoms with Crippen molar-refractivity contribution in [1.29, 1.82) is 0 Å². The molecule has 0 aliphatic carbocycles. The SMILES string of the molecule is CCCc1ccc(NC(=O)c2cccc(Oc3ncccc3-c3ccnc(NC)n3)c2F)cc1. The van der Waals surface area contributed by atoms with Gasteiger partial charge < -0.3 is 15.4 Å². The van der Waals surface area contributed by atoms with Gasteiger partial charge in [-0.25, -0.2) is 19.3 Å². The van der Waals surface area contributed by atoms with Gasteiger partial charge in [-0.1, -0.05) is 31.5 Å². The van der Waals surface area contributed by atoms with Crippen molar-refractivity contribution in [2.24, 2.45) is 0 Å². The lowest BCUT2D eigenvalue weighted by Gasteiger charge is -2.12. The first-order valence-electron chi connectivity index (χ1n) is 10.9. The summed E-state index contributed by atoms with van der Waals surface area (Å²) in [5.74, 6) is -0.875. The number of hydrogen-bond donors (Lipinski definition) is 2. The number of benzene rings is 2. The summed E-state index contributed by atoms with van der Waals surface area (Å²) in [6.07, 6.45) is 5.14. The maximum absolute atomic E-state index is 15.3. The largest absolute Gasteiger partial charge is 0.435 e. The molecule has 2 N–H and O–H groups in total. The Labute approximate surface area is 197 Å². The number of ether oxygens (including phenoxy) is 1. The highest BCUT2D eigenvalue weighted by molar-refractivity contribution is 6.04. The van der Waals surface area contributed by atoms with Crippen molar-refractivity contribution in [2.45, 2.75) is 19.8 Å². The van der Waals surface area contributed by atoms with E-state index in [0.717, 1.165) is 12.8 Å². The summed E-state index contributed by atoms with van der Waals surface area (Å²) >= 11 is 0. The van der Waals surface area contributed by atoms with E-state index in [-0.39, 0.29) is 17.2 Å². The third-order valence-corrected chi connectivity index (χ3v) is 5.09. The average Bonchev–Trinajstić information content (AvgIpc) is 2.87. The van der Waals surface area contributed by atoms with Crippen LogP contribution in [0.3, 0.4) is 0 Å². The first-order chi connectivity index (χ1) is 16.6. The van der Waals surface area contributed by atoms with Gasteiger partial charge in [0.05, 0.1) is 16.8 Å². The predicted molar refractivity (Wildman–Crippen MR) is 130 cm³/mol. The van der Waals surface area contributed by atoms with Crippen molar-refractivity contribution >= 4 is 17.5 Å². The Morgan fingerprint density at radius 3 is 2.59 bits per heavy atom. The quantitative estimate of drug-likeness (QED) is 0.352. The molecule has 7 nitrogen and oxygen atoms in total. The van der Waals surface area contributed by atoms with Crippen LogP contribution < -0.4 is 15.4 Å². The third-order valence-electron chi connectivity index (χ3n) is 5.09. The van der Waals surface area contributed by atoms with E-state index in [9.17, 15) is 4.79 Å². The van der Waals surface area contributed by atoms with Crippen LogP contribution in [0.4, 0.5) is 16.0 Å². The van der Waals surface area contributed by atoms with Gasteiger partial charge in [0.15, 0.2) is 11.6 Å². The van der Waals surface area contributed by atoms with E-state index in [1.54, 1.807) is 37.5 Å². The second-order valence-corrected chi connectivity index (χ2v) is 7.49. The molecule has 172 valence electrons. The lowest BCUT2D eigenvalue weighted by atomic mass is 10.1.